The summed E-state index contributed by atoms with van der Waals surface area (Å²) < 4.78 is 1.43. The zero-order chi connectivity index (χ0) is 11.0. The summed E-state index contributed by atoms with van der Waals surface area (Å²) in [7, 11) is 0. The average molecular weight is 202 g/mol. The van der Waals surface area contributed by atoms with Crippen molar-refractivity contribution in [2.75, 3.05) is 0 Å². The molecule has 4 nitrogen and oxygen atoms in total. The van der Waals surface area contributed by atoms with E-state index in [-0.39, 0.29) is 5.91 Å². The summed E-state index contributed by atoms with van der Waals surface area (Å²) in [5.74, 6) is -0.662. The lowest BCUT2D eigenvalue weighted by molar-refractivity contribution is 0.0941. The highest BCUT2D eigenvalue weighted by Crippen LogP contribution is 2.20. The first-order valence-corrected chi connectivity index (χ1v) is 4.52. The Hall–Kier alpha value is -2.10. The maximum absolute atomic E-state index is 11.3. The second-order valence-corrected chi connectivity index (χ2v) is 3.31. The van der Waals surface area contributed by atoms with E-state index in [4.69, 9.17) is 5.73 Å². The van der Waals surface area contributed by atoms with Crippen LogP contribution in [-0.2, 0) is 0 Å². The van der Waals surface area contributed by atoms with Crippen molar-refractivity contribution in [3.05, 3.63) is 36.0 Å². The number of nitrogens with zero attached hydrogens (tertiary/aromatic N) is 1. The summed E-state index contributed by atoms with van der Waals surface area (Å²) in [5.41, 5.74) is 6.31. The van der Waals surface area contributed by atoms with Crippen LogP contribution >= 0.6 is 0 Å². The molecule has 1 aromatic heterocycles. The van der Waals surface area contributed by atoms with Crippen molar-refractivity contribution >= 4 is 22.7 Å². The molecular formula is C11H10N2O2. The van der Waals surface area contributed by atoms with Gasteiger partial charge < -0.3 is 5.73 Å². The van der Waals surface area contributed by atoms with E-state index in [1.54, 1.807) is 18.2 Å². The van der Waals surface area contributed by atoms with Crippen LogP contribution in [-0.4, -0.2) is 16.4 Å². The van der Waals surface area contributed by atoms with Crippen LogP contribution in [0.1, 0.15) is 22.1 Å². The first-order valence-electron chi connectivity index (χ1n) is 4.52. The van der Waals surface area contributed by atoms with Crippen molar-refractivity contribution in [2.45, 2.75) is 6.92 Å². The summed E-state index contributed by atoms with van der Waals surface area (Å²) >= 11 is 0. The van der Waals surface area contributed by atoms with Gasteiger partial charge >= 0.3 is 0 Å². The molecule has 2 N–H and O–H groups in total. The van der Waals surface area contributed by atoms with Gasteiger partial charge in [-0.3, -0.25) is 14.2 Å². The highest BCUT2D eigenvalue weighted by Gasteiger charge is 2.13. The van der Waals surface area contributed by atoms with Crippen LogP contribution in [0.2, 0.25) is 0 Å². The van der Waals surface area contributed by atoms with Crippen molar-refractivity contribution in [1.82, 2.24) is 4.57 Å². The van der Waals surface area contributed by atoms with Crippen LogP contribution in [0, 0.1) is 0 Å². The number of fused-ring (bicyclic) bond motifs is 1. The van der Waals surface area contributed by atoms with E-state index in [9.17, 15) is 9.59 Å². The molecule has 0 atom stereocenters. The van der Waals surface area contributed by atoms with Crippen molar-refractivity contribution in [2.24, 2.45) is 5.73 Å². The second-order valence-electron chi connectivity index (χ2n) is 3.31. The van der Waals surface area contributed by atoms with Gasteiger partial charge in [-0.1, -0.05) is 18.2 Å². The lowest BCUT2D eigenvalue weighted by Crippen LogP contribution is -2.10. The second kappa shape index (κ2) is 3.24. The zero-order valence-corrected chi connectivity index (χ0v) is 8.23. The van der Waals surface area contributed by atoms with E-state index in [0.29, 0.717) is 16.5 Å². The average Bonchev–Trinajstić information content (AvgIpc) is 2.56. The summed E-state index contributed by atoms with van der Waals surface area (Å²) in [6.45, 7) is 1.44. The van der Waals surface area contributed by atoms with Gasteiger partial charge in [0.15, 0.2) is 0 Å². The Kier molecular flexibility index (Phi) is 2.04. The molecule has 0 aliphatic carbocycles. The lowest BCUT2D eigenvalue weighted by atomic mass is 10.2. The van der Waals surface area contributed by atoms with E-state index in [0.717, 1.165) is 0 Å². The predicted molar refractivity (Wildman–Crippen MR) is 56.8 cm³/mol. The molecule has 2 aromatic rings. The molecule has 0 spiro atoms. The SMILES string of the molecule is CC(=O)n1cc(C(N)=O)c2ccccc21. The number of primary amides is 1. The molecule has 0 radical (unpaired) electrons. The molecule has 76 valence electrons. The fourth-order valence-corrected chi connectivity index (χ4v) is 1.64. The Bertz CT molecular complexity index is 507. The molecule has 1 amide bonds. The maximum Gasteiger partial charge on any atom is 0.250 e. The molecule has 0 bridgehead atoms. The van der Waals surface area contributed by atoms with Gasteiger partial charge in [0, 0.05) is 18.5 Å². The fourth-order valence-electron chi connectivity index (χ4n) is 1.64. The molecule has 0 saturated carbocycles. The minimum absolute atomic E-state index is 0.140. The van der Waals surface area contributed by atoms with Gasteiger partial charge in [-0.2, -0.15) is 0 Å². The molecule has 0 fully saturated rings. The van der Waals surface area contributed by atoms with Crippen LogP contribution in [0.25, 0.3) is 10.9 Å². The van der Waals surface area contributed by atoms with Crippen LogP contribution in [0.15, 0.2) is 30.5 Å². The first-order chi connectivity index (χ1) is 7.11. The summed E-state index contributed by atoms with van der Waals surface area (Å²) in [4.78, 5) is 22.5. The third-order valence-corrected chi connectivity index (χ3v) is 2.32. The van der Waals surface area contributed by atoms with Crippen LogP contribution in [0.4, 0.5) is 0 Å². The quantitative estimate of drug-likeness (QED) is 0.759. The smallest absolute Gasteiger partial charge is 0.250 e. The molecule has 2 rings (SSSR count). The summed E-state index contributed by atoms with van der Waals surface area (Å²) in [6.07, 6.45) is 1.48. The number of hydrogen-bond donors (Lipinski definition) is 1. The molecule has 4 heteroatoms. The van der Waals surface area contributed by atoms with Gasteiger partial charge in [0.2, 0.25) is 5.91 Å². The maximum atomic E-state index is 11.3. The van der Waals surface area contributed by atoms with Gasteiger partial charge in [0.1, 0.15) is 0 Å². The minimum Gasteiger partial charge on any atom is -0.366 e. The molecule has 15 heavy (non-hydrogen) atoms. The van der Waals surface area contributed by atoms with Crippen LogP contribution in [0.3, 0.4) is 0 Å². The fraction of sp³-hybridized carbons (Fsp3) is 0.0909. The lowest BCUT2D eigenvalue weighted by Gasteiger charge is -1.96. The Morgan fingerprint density at radius 1 is 1.27 bits per heavy atom. The third kappa shape index (κ3) is 1.40. The molecule has 1 heterocycles. The van der Waals surface area contributed by atoms with Crippen LogP contribution < -0.4 is 5.73 Å². The van der Waals surface area contributed by atoms with E-state index >= 15 is 0 Å². The van der Waals surface area contributed by atoms with Crippen LogP contribution in [0.5, 0.6) is 0 Å². The Balaban J connectivity index is 2.85. The molecular weight excluding hydrogens is 192 g/mol. The number of rotatable bonds is 1. The van der Waals surface area contributed by atoms with E-state index in [1.807, 2.05) is 6.07 Å². The van der Waals surface area contributed by atoms with Crippen molar-refractivity contribution in [1.29, 1.82) is 0 Å². The van der Waals surface area contributed by atoms with Gasteiger partial charge in [0.25, 0.3) is 5.91 Å². The highest BCUT2D eigenvalue weighted by molar-refractivity contribution is 6.08. The monoisotopic (exact) mass is 202 g/mol. The number of nitrogens with two attached hydrogens (primary N) is 1. The zero-order valence-electron chi connectivity index (χ0n) is 8.23. The van der Waals surface area contributed by atoms with E-state index in [1.165, 1.54) is 17.7 Å². The number of benzene rings is 1. The standard InChI is InChI=1S/C11H10N2O2/c1-7(14)13-6-9(11(12)15)8-4-2-3-5-10(8)13/h2-6H,1H3,(H2,12,15). The topological polar surface area (TPSA) is 65.1 Å². The molecule has 0 aliphatic heterocycles. The molecule has 1 aromatic carbocycles. The van der Waals surface area contributed by atoms with E-state index < -0.39 is 5.91 Å². The normalized spacial score (nSPS) is 10.5. The first kappa shape index (κ1) is 9.45. The summed E-state index contributed by atoms with van der Waals surface area (Å²) in [5, 5.41) is 0.709. The number of amides is 1. The van der Waals surface area contributed by atoms with Gasteiger partial charge in [-0.15, -0.1) is 0 Å². The number of hydrogen-bond acceptors (Lipinski definition) is 2. The Morgan fingerprint density at radius 3 is 2.53 bits per heavy atom. The Morgan fingerprint density at radius 2 is 1.93 bits per heavy atom. The van der Waals surface area contributed by atoms with E-state index in [2.05, 4.69) is 0 Å². The largest absolute Gasteiger partial charge is 0.366 e. The summed E-state index contributed by atoms with van der Waals surface area (Å²) in [6, 6.07) is 7.17. The predicted octanol–water partition coefficient (Wildman–Crippen LogP) is 1.40. The highest BCUT2D eigenvalue weighted by atomic mass is 16.2. The van der Waals surface area contributed by atoms with Crippen molar-refractivity contribution in [3.8, 4) is 0 Å². The third-order valence-electron chi connectivity index (χ3n) is 2.32. The number of para-hydroxylation sites is 1. The van der Waals surface area contributed by atoms with Gasteiger partial charge in [-0.25, -0.2) is 0 Å². The molecule has 0 unspecified atom stereocenters. The van der Waals surface area contributed by atoms with Crippen molar-refractivity contribution < 1.29 is 9.59 Å². The molecule has 0 aliphatic rings. The van der Waals surface area contributed by atoms with Gasteiger partial charge in [0.05, 0.1) is 11.1 Å². The van der Waals surface area contributed by atoms with Gasteiger partial charge in [-0.05, 0) is 6.07 Å². The minimum atomic E-state index is -0.522. The van der Waals surface area contributed by atoms with Crippen molar-refractivity contribution in [3.63, 3.8) is 0 Å². The number of aromatic nitrogens is 1. The number of carbonyl (C=O) groups is 2. The Labute approximate surface area is 86.3 Å². The molecule has 0 saturated heterocycles. The number of carbonyl (C=O) groups excluding carboxylic acids is 2.